The first-order chi connectivity index (χ1) is 7.74. The van der Waals surface area contributed by atoms with Crippen molar-refractivity contribution in [2.45, 2.75) is 17.9 Å². The van der Waals surface area contributed by atoms with Crippen LogP contribution in [0.4, 0.5) is 4.39 Å². The van der Waals surface area contributed by atoms with Gasteiger partial charge < -0.3 is 5.11 Å². The quantitative estimate of drug-likeness (QED) is 0.875. The highest BCUT2D eigenvalue weighted by molar-refractivity contribution is 9.10. The molecule has 0 aliphatic heterocycles. The average molecular weight is 326 g/mol. The molecule has 1 atom stereocenters. The zero-order valence-electron chi connectivity index (χ0n) is 8.65. The van der Waals surface area contributed by atoms with E-state index in [1.54, 1.807) is 0 Å². The van der Waals surface area contributed by atoms with Gasteiger partial charge in [0, 0.05) is 0 Å². The second-order valence-corrected chi connectivity index (χ2v) is 5.83. The largest absolute Gasteiger partial charge is 0.480 e. The maximum Gasteiger partial charge on any atom is 0.321 e. The van der Waals surface area contributed by atoms with Gasteiger partial charge in [0.15, 0.2) is 0 Å². The number of carboxylic acids is 1. The predicted octanol–water partition coefficient (Wildman–Crippen LogP) is 1.34. The molecule has 5 nitrogen and oxygen atoms in total. The van der Waals surface area contributed by atoms with Crippen molar-refractivity contribution in [3.8, 4) is 0 Å². The summed E-state index contributed by atoms with van der Waals surface area (Å²) in [5, 5.41) is 8.58. The zero-order valence-corrected chi connectivity index (χ0v) is 11.0. The van der Waals surface area contributed by atoms with Gasteiger partial charge in [-0.15, -0.1) is 0 Å². The normalized spacial score (nSPS) is 13.4. The van der Waals surface area contributed by atoms with Crippen LogP contribution in [0.1, 0.15) is 6.92 Å². The molecule has 1 rings (SSSR count). The fourth-order valence-electron chi connectivity index (χ4n) is 0.995. The SMILES string of the molecule is C[C@@H](NS(=O)(=O)c1ccc(Br)c(F)c1)C(=O)O. The minimum Gasteiger partial charge on any atom is -0.480 e. The van der Waals surface area contributed by atoms with Crippen molar-refractivity contribution < 1.29 is 22.7 Å². The Bertz CT molecular complexity index is 546. The van der Waals surface area contributed by atoms with Crippen molar-refractivity contribution in [3.05, 3.63) is 28.5 Å². The molecule has 94 valence electrons. The third-order valence-electron chi connectivity index (χ3n) is 1.90. The van der Waals surface area contributed by atoms with E-state index in [9.17, 15) is 17.6 Å². The zero-order chi connectivity index (χ0) is 13.2. The lowest BCUT2D eigenvalue weighted by molar-refractivity contribution is -0.138. The van der Waals surface area contributed by atoms with Crippen molar-refractivity contribution in [2.24, 2.45) is 0 Å². The van der Waals surface area contributed by atoms with Crippen LogP contribution in [0.3, 0.4) is 0 Å². The van der Waals surface area contributed by atoms with Crippen LogP contribution in [0.5, 0.6) is 0 Å². The lowest BCUT2D eigenvalue weighted by Crippen LogP contribution is -2.38. The molecule has 0 radical (unpaired) electrons. The number of halogens is 2. The summed E-state index contributed by atoms with van der Waals surface area (Å²) in [5.41, 5.74) is 0. The molecular formula is C9H9BrFNO4S. The first-order valence-corrected chi connectivity index (χ1v) is 6.72. The summed E-state index contributed by atoms with van der Waals surface area (Å²) in [6, 6.07) is 1.92. The highest BCUT2D eigenvalue weighted by Gasteiger charge is 2.22. The van der Waals surface area contributed by atoms with Gasteiger partial charge in [-0.05, 0) is 41.1 Å². The number of hydrogen-bond acceptors (Lipinski definition) is 3. The fraction of sp³-hybridized carbons (Fsp3) is 0.222. The molecule has 0 bridgehead atoms. The van der Waals surface area contributed by atoms with E-state index in [0.29, 0.717) is 0 Å². The lowest BCUT2D eigenvalue weighted by Gasteiger charge is -2.10. The van der Waals surface area contributed by atoms with Crippen molar-refractivity contribution in [3.63, 3.8) is 0 Å². The Hall–Kier alpha value is -0.990. The maximum atomic E-state index is 13.2. The van der Waals surface area contributed by atoms with E-state index in [1.807, 2.05) is 4.72 Å². The van der Waals surface area contributed by atoms with Crippen molar-refractivity contribution >= 4 is 31.9 Å². The van der Waals surface area contributed by atoms with Gasteiger partial charge in [0.05, 0.1) is 9.37 Å². The predicted molar refractivity (Wildman–Crippen MR) is 61.5 cm³/mol. The van der Waals surface area contributed by atoms with Gasteiger partial charge in [-0.2, -0.15) is 4.72 Å². The van der Waals surface area contributed by atoms with Gasteiger partial charge in [0.25, 0.3) is 0 Å². The summed E-state index contributed by atoms with van der Waals surface area (Å²) < 4.78 is 38.5. The average Bonchev–Trinajstić information content (AvgIpc) is 2.21. The Morgan fingerprint density at radius 3 is 2.59 bits per heavy atom. The van der Waals surface area contributed by atoms with E-state index in [0.717, 1.165) is 6.07 Å². The topological polar surface area (TPSA) is 83.5 Å². The Balaban J connectivity index is 3.05. The number of sulfonamides is 1. The standard InChI is InChI=1S/C9H9BrFNO4S/c1-5(9(13)14)12-17(15,16)6-2-3-7(10)8(11)4-6/h2-5,12H,1H3,(H,13,14)/t5-/m1/s1. The van der Waals surface area contributed by atoms with E-state index in [1.165, 1.54) is 19.1 Å². The molecule has 17 heavy (non-hydrogen) atoms. The molecule has 0 saturated heterocycles. The van der Waals surface area contributed by atoms with Crippen LogP contribution in [-0.2, 0) is 14.8 Å². The second kappa shape index (κ2) is 5.11. The third kappa shape index (κ3) is 3.48. The molecule has 0 aromatic heterocycles. The Kier molecular flexibility index (Phi) is 4.23. The molecule has 1 aromatic carbocycles. The molecular weight excluding hydrogens is 317 g/mol. The summed E-state index contributed by atoms with van der Waals surface area (Å²) in [4.78, 5) is 10.2. The van der Waals surface area contributed by atoms with Crippen molar-refractivity contribution in [1.82, 2.24) is 4.72 Å². The van der Waals surface area contributed by atoms with Crippen LogP contribution in [0, 0.1) is 5.82 Å². The van der Waals surface area contributed by atoms with Gasteiger partial charge in [0.2, 0.25) is 10.0 Å². The third-order valence-corrected chi connectivity index (χ3v) is 4.09. The first-order valence-electron chi connectivity index (χ1n) is 4.44. The van der Waals surface area contributed by atoms with Crippen LogP contribution in [0.2, 0.25) is 0 Å². The first kappa shape index (κ1) is 14.1. The summed E-state index contributed by atoms with van der Waals surface area (Å²) in [6.07, 6.45) is 0. The van der Waals surface area contributed by atoms with E-state index < -0.39 is 27.9 Å². The summed E-state index contributed by atoms with van der Waals surface area (Å²) >= 11 is 2.89. The molecule has 0 spiro atoms. The second-order valence-electron chi connectivity index (χ2n) is 3.26. The van der Waals surface area contributed by atoms with Crippen LogP contribution >= 0.6 is 15.9 Å². The van der Waals surface area contributed by atoms with Crippen LogP contribution in [0.25, 0.3) is 0 Å². The van der Waals surface area contributed by atoms with Crippen molar-refractivity contribution in [2.75, 3.05) is 0 Å². The van der Waals surface area contributed by atoms with Crippen LogP contribution in [0.15, 0.2) is 27.6 Å². The van der Waals surface area contributed by atoms with Crippen LogP contribution in [-0.4, -0.2) is 25.5 Å². The number of rotatable bonds is 4. The van der Waals surface area contributed by atoms with Crippen molar-refractivity contribution in [1.29, 1.82) is 0 Å². The lowest BCUT2D eigenvalue weighted by atomic mass is 10.3. The summed E-state index contributed by atoms with van der Waals surface area (Å²) in [5.74, 6) is -2.05. The van der Waals surface area contributed by atoms with Gasteiger partial charge in [-0.25, -0.2) is 12.8 Å². The highest BCUT2D eigenvalue weighted by Crippen LogP contribution is 2.19. The number of carbonyl (C=O) groups is 1. The highest BCUT2D eigenvalue weighted by atomic mass is 79.9. The van der Waals surface area contributed by atoms with Gasteiger partial charge >= 0.3 is 5.97 Å². The molecule has 0 unspecified atom stereocenters. The minimum absolute atomic E-state index is 0.128. The van der Waals surface area contributed by atoms with Crippen LogP contribution < -0.4 is 4.72 Å². The molecule has 0 heterocycles. The Morgan fingerprint density at radius 1 is 1.53 bits per heavy atom. The summed E-state index contributed by atoms with van der Waals surface area (Å²) in [7, 11) is -4.04. The smallest absolute Gasteiger partial charge is 0.321 e. The van der Waals surface area contributed by atoms with E-state index in [4.69, 9.17) is 5.11 Å². The molecule has 0 amide bonds. The Morgan fingerprint density at radius 2 is 2.12 bits per heavy atom. The minimum atomic E-state index is -4.04. The Labute approximate surface area is 106 Å². The van der Waals surface area contributed by atoms with E-state index in [2.05, 4.69) is 15.9 Å². The number of carboxylic acid groups (broad SMARTS) is 1. The molecule has 0 aliphatic rings. The van der Waals surface area contributed by atoms with E-state index in [-0.39, 0.29) is 9.37 Å². The monoisotopic (exact) mass is 325 g/mol. The fourth-order valence-corrected chi connectivity index (χ4v) is 2.45. The molecule has 0 aliphatic carbocycles. The molecule has 2 N–H and O–H groups in total. The molecule has 0 saturated carbocycles. The van der Waals surface area contributed by atoms with E-state index >= 15 is 0 Å². The molecule has 0 fully saturated rings. The number of nitrogens with one attached hydrogen (secondary N) is 1. The van der Waals surface area contributed by atoms with Gasteiger partial charge in [-0.3, -0.25) is 4.79 Å². The number of benzene rings is 1. The molecule has 1 aromatic rings. The number of aliphatic carboxylic acids is 1. The summed E-state index contributed by atoms with van der Waals surface area (Å²) in [6.45, 7) is 1.18. The van der Waals surface area contributed by atoms with Gasteiger partial charge in [0.1, 0.15) is 11.9 Å². The van der Waals surface area contributed by atoms with Gasteiger partial charge in [-0.1, -0.05) is 0 Å². The maximum absolute atomic E-state index is 13.2. The number of hydrogen-bond donors (Lipinski definition) is 2. The molecule has 8 heteroatoms.